The second-order valence-corrected chi connectivity index (χ2v) is 7.11. The van der Waals surface area contributed by atoms with Crippen molar-refractivity contribution in [2.24, 2.45) is 0 Å². The highest BCUT2D eigenvalue weighted by atomic mass is 35.5. The Morgan fingerprint density at radius 1 is 1.14 bits per heavy atom. The lowest BCUT2D eigenvalue weighted by Crippen LogP contribution is -2.06. The largest absolute Gasteiger partial charge is 0.493 e. The van der Waals surface area contributed by atoms with Crippen LogP contribution in [0, 0.1) is 6.92 Å². The smallest absolute Gasteiger partial charge is 0.188 e. The summed E-state index contributed by atoms with van der Waals surface area (Å²) in [7, 11) is 3.14. The summed E-state index contributed by atoms with van der Waals surface area (Å²) >= 11 is 6.41. The minimum Gasteiger partial charge on any atom is -0.493 e. The molecule has 0 amide bonds. The number of aliphatic hydroxyl groups is 1. The summed E-state index contributed by atoms with van der Waals surface area (Å²) in [6.45, 7) is 3.64. The summed E-state index contributed by atoms with van der Waals surface area (Å²) in [6, 6.07) is 9.35. The van der Waals surface area contributed by atoms with E-state index in [9.17, 15) is 5.11 Å². The monoisotopic (exact) mass is 412 g/mol. The van der Waals surface area contributed by atoms with E-state index in [0.29, 0.717) is 39.2 Å². The van der Waals surface area contributed by atoms with E-state index in [4.69, 9.17) is 26.1 Å². The number of halogens is 1. The van der Waals surface area contributed by atoms with Crippen LogP contribution in [0.5, 0.6) is 11.5 Å². The summed E-state index contributed by atoms with van der Waals surface area (Å²) in [5.41, 5.74) is 3.76. The molecule has 0 bridgehead atoms. The van der Waals surface area contributed by atoms with E-state index in [1.165, 1.54) is 0 Å². The number of methoxy groups -OCH3 is 2. The van der Waals surface area contributed by atoms with Crippen LogP contribution in [0.1, 0.15) is 24.4 Å². The van der Waals surface area contributed by atoms with Crippen molar-refractivity contribution in [3.05, 3.63) is 52.9 Å². The van der Waals surface area contributed by atoms with Crippen molar-refractivity contribution in [3.63, 3.8) is 0 Å². The normalized spacial score (nSPS) is 12.3. The molecule has 2 aromatic carbocycles. The van der Waals surface area contributed by atoms with Crippen molar-refractivity contribution in [1.82, 2.24) is 14.4 Å². The van der Waals surface area contributed by atoms with Gasteiger partial charge in [0.25, 0.3) is 0 Å². The molecule has 0 saturated carbocycles. The number of aliphatic hydroxyl groups excluding tert-OH is 1. The molecule has 0 radical (unpaired) electrons. The van der Waals surface area contributed by atoms with Crippen molar-refractivity contribution in [1.29, 1.82) is 0 Å². The Kier molecular flexibility index (Phi) is 4.94. The number of nitrogens with zero attached hydrogens (tertiary/aromatic N) is 3. The first-order valence-corrected chi connectivity index (χ1v) is 9.46. The van der Waals surface area contributed by atoms with Crippen LogP contribution in [0.25, 0.3) is 16.6 Å². The van der Waals surface area contributed by atoms with Crippen LogP contribution in [0.4, 0.5) is 11.5 Å². The highest BCUT2D eigenvalue weighted by Gasteiger charge is 2.21. The van der Waals surface area contributed by atoms with Crippen LogP contribution in [-0.2, 0) is 0 Å². The Labute approximate surface area is 172 Å². The summed E-state index contributed by atoms with van der Waals surface area (Å²) in [6.07, 6.45) is 0.908. The Hall–Kier alpha value is -3.03. The molecule has 4 rings (SSSR count). The van der Waals surface area contributed by atoms with Gasteiger partial charge in [-0.1, -0.05) is 23.7 Å². The average molecular weight is 413 g/mol. The molecule has 0 aliphatic carbocycles. The van der Waals surface area contributed by atoms with E-state index in [0.717, 1.165) is 16.8 Å². The van der Waals surface area contributed by atoms with Crippen molar-refractivity contribution in [2.45, 2.75) is 20.0 Å². The lowest BCUT2D eigenvalue weighted by atomic mass is 10.2. The zero-order valence-corrected chi connectivity index (χ0v) is 17.3. The molecule has 150 valence electrons. The van der Waals surface area contributed by atoms with Crippen LogP contribution >= 0.6 is 11.6 Å². The van der Waals surface area contributed by atoms with E-state index in [-0.39, 0.29) is 0 Å². The molecule has 1 atom stereocenters. The predicted molar refractivity (Wildman–Crippen MR) is 114 cm³/mol. The third-order valence-electron chi connectivity index (χ3n) is 4.83. The van der Waals surface area contributed by atoms with Gasteiger partial charge < -0.3 is 19.9 Å². The number of para-hydroxylation sites is 1. The molecular formula is C21H21ClN4O3. The minimum atomic E-state index is -0.772. The molecular weight excluding hydrogens is 392 g/mol. The van der Waals surface area contributed by atoms with Crippen LogP contribution in [0.3, 0.4) is 0 Å². The lowest BCUT2D eigenvalue weighted by Gasteiger charge is -2.17. The number of hydrogen-bond acceptors (Lipinski definition) is 6. The molecule has 1 unspecified atom stereocenters. The zero-order valence-electron chi connectivity index (χ0n) is 16.5. The number of ether oxygens (including phenoxy) is 2. The second-order valence-electron chi connectivity index (χ2n) is 6.70. The molecule has 2 aromatic heterocycles. The van der Waals surface area contributed by atoms with Crippen LogP contribution in [-0.4, -0.2) is 33.7 Å². The first-order chi connectivity index (χ1) is 14.0. The molecule has 29 heavy (non-hydrogen) atoms. The van der Waals surface area contributed by atoms with Gasteiger partial charge in [0.15, 0.2) is 17.3 Å². The van der Waals surface area contributed by atoms with Gasteiger partial charge in [-0.2, -0.15) is 0 Å². The summed E-state index contributed by atoms with van der Waals surface area (Å²) in [5, 5.41) is 14.2. The first-order valence-electron chi connectivity index (χ1n) is 9.08. The third-order valence-corrected chi connectivity index (χ3v) is 5.15. The highest BCUT2D eigenvalue weighted by Crippen LogP contribution is 2.38. The van der Waals surface area contributed by atoms with Crippen LogP contribution in [0.2, 0.25) is 5.02 Å². The Morgan fingerprint density at radius 3 is 2.59 bits per heavy atom. The van der Waals surface area contributed by atoms with Crippen molar-refractivity contribution in [3.8, 4) is 11.5 Å². The van der Waals surface area contributed by atoms with Crippen molar-refractivity contribution in [2.75, 3.05) is 19.5 Å². The maximum absolute atomic E-state index is 10.3. The summed E-state index contributed by atoms with van der Waals surface area (Å²) < 4.78 is 12.9. The number of nitrogens with one attached hydrogen (secondary N) is 1. The first kappa shape index (κ1) is 19.3. The molecule has 4 aromatic rings. The van der Waals surface area contributed by atoms with Gasteiger partial charge in [0.05, 0.1) is 36.6 Å². The zero-order chi connectivity index (χ0) is 20.7. The minimum absolute atomic E-state index is 0.496. The number of rotatable bonds is 5. The molecule has 0 aliphatic rings. The number of anilines is 2. The number of benzene rings is 2. The lowest BCUT2D eigenvalue weighted by molar-refractivity contribution is 0.189. The van der Waals surface area contributed by atoms with Gasteiger partial charge in [0, 0.05) is 0 Å². The molecule has 0 fully saturated rings. The second kappa shape index (κ2) is 7.42. The average Bonchev–Trinajstić information content (AvgIpc) is 3.15. The molecule has 0 spiro atoms. The van der Waals surface area contributed by atoms with Crippen molar-refractivity contribution >= 4 is 39.7 Å². The van der Waals surface area contributed by atoms with E-state index in [1.54, 1.807) is 33.4 Å². The number of fused-ring (bicyclic) bond motifs is 3. The molecule has 2 heterocycles. The summed E-state index contributed by atoms with van der Waals surface area (Å²) in [4.78, 5) is 9.23. The molecule has 2 N–H and O–H groups in total. The number of aryl methyl sites for hydroxylation is 1. The van der Waals surface area contributed by atoms with Gasteiger partial charge in [-0.05, 0) is 37.6 Å². The maximum atomic E-state index is 10.3. The van der Waals surface area contributed by atoms with Crippen LogP contribution < -0.4 is 14.8 Å². The van der Waals surface area contributed by atoms with E-state index < -0.39 is 6.10 Å². The van der Waals surface area contributed by atoms with E-state index in [2.05, 4.69) is 10.3 Å². The number of imidazole rings is 1. The van der Waals surface area contributed by atoms with Gasteiger partial charge >= 0.3 is 0 Å². The maximum Gasteiger partial charge on any atom is 0.188 e. The fourth-order valence-electron chi connectivity index (χ4n) is 3.44. The Bertz CT molecular complexity index is 1200. The quantitative estimate of drug-likeness (QED) is 0.496. The van der Waals surface area contributed by atoms with Gasteiger partial charge in [-0.25, -0.2) is 9.97 Å². The van der Waals surface area contributed by atoms with Crippen LogP contribution in [0.15, 0.2) is 36.5 Å². The molecule has 8 heteroatoms. The van der Waals surface area contributed by atoms with E-state index >= 15 is 0 Å². The third kappa shape index (κ3) is 3.12. The molecule has 0 aliphatic heterocycles. The van der Waals surface area contributed by atoms with Gasteiger partial charge in [-0.15, -0.1) is 0 Å². The topological polar surface area (TPSA) is 80.9 Å². The van der Waals surface area contributed by atoms with E-state index in [1.807, 2.05) is 35.6 Å². The molecule has 0 saturated heterocycles. The number of aromatic nitrogens is 3. The summed E-state index contributed by atoms with van der Waals surface area (Å²) in [5.74, 6) is 2.10. The van der Waals surface area contributed by atoms with Gasteiger partial charge in [-0.3, -0.25) is 4.40 Å². The Balaban J connectivity index is 2.08. The standard InChI is InChI=1S/C21H21ClN4O3/c1-11-6-5-7-13(22)17(11)24-20-15-10-23-21(12(2)27)26(15)14-8-9-16(28-3)19(29-4)18(14)25-20/h5-10,12,27H,1-4H3,(H,24,25). The predicted octanol–water partition coefficient (Wildman–Crippen LogP) is 4.66. The number of hydrogen-bond donors (Lipinski definition) is 2. The SMILES string of the molecule is COc1ccc2c(nc(Nc3c(C)cccc3Cl)c3cnc(C(C)O)n32)c1OC. The highest BCUT2D eigenvalue weighted by molar-refractivity contribution is 6.33. The fourth-order valence-corrected chi connectivity index (χ4v) is 3.71. The van der Waals surface area contributed by atoms with Crippen molar-refractivity contribution < 1.29 is 14.6 Å². The fraction of sp³-hybridized carbons (Fsp3) is 0.238. The molecule has 7 nitrogen and oxygen atoms in total. The van der Waals surface area contributed by atoms with Gasteiger partial charge in [0.2, 0.25) is 0 Å². The Morgan fingerprint density at radius 2 is 1.93 bits per heavy atom. The van der Waals surface area contributed by atoms with Gasteiger partial charge in [0.1, 0.15) is 23.0 Å².